The lowest BCUT2D eigenvalue weighted by molar-refractivity contribution is -0.176. The first kappa shape index (κ1) is 23.1. The average Bonchev–Trinajstić information content (AvgIpc) is 3.21. The predicted molar refractivity (Wildman–Crippen MR) is 126 cm³/mol. The Kier molecular flexibility index (Phi) is 5.18. The van der Waals surface area contributed by atoms with Crippen LogP contribution in [0.15, 0.2) is 54.3 Å². The van der Waals surface area contributed by atoms with Crippen molar-refractivity contribution in [2.45, 2.75) is 68.4 Å². The molecule has 8 nitrogen and oxygen atoms in total. The number of hydrogen-bond acceptors (Lipinski definition) is 8. The van der Waals surface area contributed by atoms with E-state index in [1.807, 2.05) is 6.07 Å². The van der Waals surface area contributed by atoms with Gasteiger partial charge < -0.3 is 29.5 Å². The molecule has 0 radical (unpaired) electrons. The second-order valence-electron chi connectivity index (χ2n) is 10.3. The van der Waals surface area contributed by atoms with Crippen molar-refractivity contribution in [3.63, 3.8) is 0 Å². The van der Waals surface area contributed by atoms with E-state index < -0.39 is 41.3 Å². The summed E-state index contributed by atoms with van der Waals surface area (Å²) in [6.45, 7) is 1.26. The van der Waals surface area contributed by atoms with Gasteiger partial charge in [-0.15, -0.1) is 0 Å². The summed E-state index contributed by atoms with van der Waals surface area (Å²) in [6.07, 6.45) is 1.43. The molecule has 1 unspecified atom stereocenters. The van der Waals surface area contributed by atoms with Crippen LogP contribution in [-0.4, -0.2) is 45.1 Å². The third-order valence-corrected chi connectivity index (χ3v) is 8.37. The van der Waals surface area contributed by atoms with Crippen LogP contribution in [0.2, 0.25) is 0 Å². The molecule has 4 aliphatic rings. The largest absolute Gasteiger partial charge is 0.504 e. The predicted octanol–water partition coefficient (Wildman–Crippen LogP) is 2.97. The fourth-order valence-electron chi connectivity index (χ4n) is 6.80. The fourth-order valence-corrected chi connectivity index (χ4v) is 6.80. The number of benzene rings is 2. The molecule has 2 aromatic rings. The van der Waals surface area contributed by atoms with Crippen LogP contribution in [0.1, 0.15) is 55.4 Å². The monoisotopic (exact) mass is 492 g/mol. The highest BCUT2D eigenvalue weighted by atomic mass is 16.6. The topological polar surface area (TPSA) is 123 Å². The van der Waals surface area contributed by atoms with E-state index in [0.29, 0.717) is 24.2 Å². The lowest BCUT2D eigenvalue weighted by Crippen LogP contribution is -2.67. The zero-order valence-corrected chi connectivity index (χ0v) is 19.8. The molecule has 188 valence electrons. The maximum atomic E-state index is 13.4. The standard InChI is InChI=1S/C28H28O8/c1-15(29)25(31)36-22(16-6-3-2-4-7-16)26(32)34-20-11-13-28(33)18-8-5-12-27(28)21-17(14-18)9-10-19(30)23(21)35-24(20)27/h2-4,6-7,9-11,15,18,22,24,29-30,33H,5,8,12-14H2,1H3/t15-,18+,22-,24-,27?,28+/m0/s1. The molecular formula is C28H28O8. The van der Waals surface area contributed by atoms with Gasteiger partial charge in [0.2, 0.25) is 6.10 Å². The summed E-state index contributed by atoms with van der Waals surface area (Å²) in [6, 6.07) is 11.9. The molecule has 2 bridgehead atoms. The molecule has 1 saturated carbocycles. The van der Waals surface area contributed by atoms with Crippen molar-refractivity contribution in [2.75, 3.05) is 0 Å². The maximum absolute atomic E-state index is 13.4. The van der Waals surface area contributed by atoms with Crippen LogP contribution < -0.4 is 4.74 Å². The first-order valence-corrected chi connectivity index (χ1v) is 12.4. The van der Waals surface area contributed by atoms with Gasteiger partial charge in [-0.2, -0.15) is 0 Å². The molecule has 1 aliphatic heterocycles. The number of rotatable bonds is 5. The molecule has 8 heteroatoms. The molecule has 0 saturated heterocycles. The van der Waals surface area contributed by atoms with Crippen molar-refractivity contribution in [1.29, 1.82) is 0 Å². The van der Waals surface area contributed by atoms with Gasteiger partial charge in [-0.3, -0.25) is 0 Å². The van der Waals surface area contributed by atoms with Crippen molar-refractivity contribution in [3.05, 3.63) is 71.0 Å². The number of esters is 2. The zero-order chi connectivity index (χ0) is 25.2. The summed E-state index contributed by atoms with van der Waals surface area (Å²) < 4.78 is 17.5. The van der Waals surface area contributed by atoms with E-state index >= 15 is 0 Å². The Morgan fingerprint density at radius 3 is 2.67 bits per heavy atom. The molecule has 6 atom stereocenters. The maximum Gasteiger partial charge on any atom is 0.357 e. The molecule has 1 heterocycles. The van der Waals surface area contributed by atoms with Crippen molar-refractivity contribution in [2.24, 2.45) is 5.92 Å². The Hall–Kier alpha value is -3.36. The van der Waals surface area contributed by atoms with E-state index in [-0.39, 0.29) is 23.8 Å². The molecule has 0 aromatic heterocycles. The normalized spacial score (nSPS) is 30.8. The molecular weight excluding hydrogens is 464 g/mol. The second-order valence-corrected chi connectivity index (χ2v) is 10.3. The van der Waals surface area contributed by atoms with Gasteiger partial charge in [-0.1, -0.05) is 42.8 Å². The number of carbonyl (C=O) groups is 2. The Labute approximate surface area is 208 Å². The highest BCUT2D eigenvalue weighted by Gasteiger charge is 2.71. The van der Waals surface area contributed by atoms with Gasteiger partial charge in [0.15, 0.2) is 17.6 Å². The minimum Gasteiger partial charge on any atom is -0.504 e. The van der Waals surface area contributed by atoms with Crippen molar-refractivity contribution in [1.82, 2.24) is 0 Å². The number of aromatic hydroxyl groups is 1. The summed E-state index contributed by atoms with van der Waals surface area (Å²) in [5.74, 6) is -1.22. The second kappa shape index (κ2) is 8.08. The lowest BCUT2D eigenvalue weighted by atomic mass is 9.47. The number of phenols is 1. The molecule has 3 N–H and O–H groups in total. The quantitative estimate of drug-likeness (QED) is 0.545. The number of hydrogen-bond donors (Lipinski definition) is 3. The van der Waals surface area contributed by atoms with Gasteiger partial charge in [-0.05, 0) is 56.2 Å². The molecule has 3 aliphatic carbocycles. The highest BCUT2D eigenvalue weighted by molar-refractivity contribution is 5.83. The number of aliphatic hydroxyl groups is 2. The first-order valence-electron chi connectivity index (χ1n) is 12.4. The number of phenolic OH excluding ortho intramolecular Hbond substituents is 1. The number of aliphatic hydroxyl groups excluding tert-OH is 1. The summed E-state index contributed by atoms with van der Waals surface area (Å²) in [7, 11) is 0. The summed E-state index contributed by atoms with van der Waals surface area (Å²) in [4.78, 5) is 25.6. The van der Waals surface area contributed by atoms with E-state index in [1.54, 1.807) is 42.5 Å². The Morgan fingerprint density at radius 2 is 1.92 bits per heavy atom. The van der Waals surface area contributed by atoms with E-state index in [0.717, 1.165) is 24.0 Å². The van der Waals surface area contributed by atoms with E-state index in [2.05, 4.69) is 0 Å². The summed E-state index contributed by atoms with van der Waals surface area (Å²) in [5, 5.41) is 32.4. The molecule has 2 aromatic carbocycles. The van der Waals surface area contributed by atoms with Gasteiger partial charge in [0.1, 0.15) is 11.9 Å². The van der Waals surface area contributed by atoms with Gasteiger partial charge in [0, 0.05) is 11.1 Å². The van der Waals surface area contributed by atoms with Gasteiger partial charge in [0.05, 0.1) is 11.0 Å². The highest BCUT2D eigenvalue weighted by Crippen LogP contribution is 2.67. The molecule has 6 rings (SSSR count). The number of ether oxygens (including phenoxy) is 3. The van der Waals surface area contributed by atoms with E-state index in [1.165, 1.54) is 6.92 Å². The minimum absolute atomic E-state index is 0.0115. The van der Waals surface area contributed by atoms with Crippen molar-refractivity contribution >= 4 is 11.9 Å². The Morgan fingerprint density at radius 1 is 1.14 bits per heavy atom. The third-order valence-electron chi connectivity index (χ3n) is 8.37. The first-order chi connectivity index (χ1) is 17.3. The van der Waals surface area contributed by atoms with Crippen LogP contribution in [0.25, 0.3) is 0 Å². The van der Waals surface area contributed by atoms with Gasteiger partial charge in [0.25, 0.3) is 0 Å². The van der Waals surface area contributed by atoms with Gasteiger partial charge >= 0.3 is 11.9 Å². The zero-order valence-electron chi connectivity index (χ0n) is 19.8. The fraction of sp³-hybridized carbons (Fsp3) is 0.429. The SMILES string of the molecule is C[C@H](O)C(=O)O[C@H](C(=O)OC1=CC[C@@]2(O)[C@@H]3CCCC24c2c(ccc(O)c2O[C@@H]14)C3)c1ccccc1. The molecule has 1 fully saturated rings. The minimum atomic E-state index is -1.41. The third kappa shape index (κ3) is 3.07. The summed E-state index contributed by atoms with van der Waals surface area (Å²) >= 11 is 0. The van der Waals surface area contributed by atoms with Gasteiger partial charge in [-0.25, -0.2) is 9.59 Å². The Balaban J connectivity index is 1.38. The van der Waals surface area contributed by atoms with Crippen LogP contribution in [0.5, 0.6) is 11.5 Å². The lowest BCUT2D eigenvalue weighted by Gasteiger charge is -2.59. The molecule has 0 amide bonds. The average molecular weight is 493 g/mol. The van der Waals surface area contributed by atoms with Crippen LogP contribution in [-0.2, 0) is 30.9 Å². The van der Waals surface area contributed by atoms with E-state index in [4.69, 9.17) is 14.2 Å². The van der Waals surface area contributed by atoms with Crippen LogP contribution in [0.3, 0.4) is 0 Å². The Bertz CT molecular complexity index is 1270. The van der Waals surface area contributed by atoms with Crippen LogP contribution in [0, 0.1) is 5.92 Å². The van der Waals surface area contributed by atoms with E-state index in [9.17, 15) is 24.9 Å². The summed E-state index contributed by atoms with van der Waals surface area (Å²) in [5.41, 5.74) is 0.317. The van der Waals surface area contributed by atoms with Crippen molar-refractivity contribution < 1.29 is 39.1 Å². The van der Waals surface area contributed by atoms with Crippen LogP contribution in [0.4, 0.5) is 0 Å². The van der Waals surface area contributed by atoms with Crippen LogP contribution >= 0.6 is 0 Å². The number of carbonyl (C=O) groups excluding carboxylic acids is 2. The van der Waals surface area contributed by atoms with Crippen molar-refractivity contribution in [3.8, 4) is 11.5 Å². The smallest absolute Gasteiger partial charge is 0.357 e. The molecule has 36 heavy (non-hydrogen) atoms. The molecule has 1 spiro atoms.